The fourth-order valence-corrected chi connectivity index (χ4v) is 3.04. The van der Waals surface area contributed by atoms with Crippen LogP contribution in [0.5, 0.6) is 0 Å². The average Bonchev–Trinajstić information content (AvgIpc) is 2.68. The minimum Gasteiger partial charge on any atom is -0.388 e. The predicted octanol–water partition coefficient (Wildman–Crippen LogP) is 4.81. The Labute approximate surface area is 150 Å². The number of aliphatic hydroxyl groups is 1. The predicted molar refractivity (Wildman–Crippen MR) is 103 cm³/mol. The van der Waals surface area contributed by atoms with Crippen molar-refractivity contribution in [2.75, 3.05) is 6.54 Å². The lowest BCUT2D eigenvalue weighted by molar-refractivity contribution is 0.137. The molecule has 0 aliphatic heterocycles. The standard InChI is InChI=1S/C23H25NO/c25-23(22-14-8-3-9-15-22)16-17-24(18-20-10-4-1-5-11-20)19-21-12-6-2-7-13-21/h1-15,23,25H,16-19H2/t23-/m0/s1. The maximum absolute atomic E-state index is 10.5. The summed E-state index contributed by atoms with van der Waals surface area (Å²) in [6.45, 7) is 2.62. The molecule has 0 aliphatic rings. The largest absolute Gasteiger partial charge is 0.388 e. The minimum atomic E-state index is -0.421. The highest BCUT2D eigenvalue weighted by Gasteiger charge is 2.12. The topological polar surface area (TPSA) is 23.5 Å². The zero-order valence-electron chi connectivity index (χ0n) is 14.5. The molecule has 3 aromatic carbocycles. The number of benzene rings is 3. The van der Waals surface area contributed by atoms with Crippen molar-refractivity contribution in [1.82, 2.24) is 4.90 Å². The molecule has 1 N–H and O–H groups in total. The summed E-state index contributed by atoms with van der Waals surface area (Å²) < 4.78 is 0. The molecule has 0 aromatic heterocycles. The zero-order valence-corrected chi connectivity index (χ0v) is 14.5. The van der Waals surface area contributed by atoms with E-state index in [4.69, 9.17) is 0 Å². The van der Waals surface area contributed by atoms with Gasteiger partial charge in [0.05, 0.1) is 6.10 Å². The van der Waals surface area contributed by atoms with Gasteiger partial charge in [-0.2, -0.15) is 0 Å². The van der Waals surface area contributed by atoms with E-state index in [-0.39, 0.29) is 0 Å². The zero-order chi connectivity index (χ0) is 17.3. The third-order valence-electron chi connectivity index (χ3n) is 4.40. The summed E-state index contributed by atoms with van der Waals surface area (Å²) in [6.07, 6.45) is 0.305. The van der Waals surface area contributed by atoms with Gasteiger partial charge in [-0.25, -0.2) is 0 Å². The van der Waals surface area contributed by atoms with Gasteiger partial charge in [0.15, 0.2) is 0 Å². The van der Waals surface area contributed by atoms with E-state index >= 15 is 0 Å². The van der Waals surface area contributed by atoms with Gasteiger partial charge >= 0.3 is 0 Å². The molecule has 0 saturated heterocycles. The smallest absolute Gasteiger partial charge is 0.0802 e. The molecule has 128 valence electrons. The Kier molecular flexibility index (Phi) is 6.38. The Morgan fingerprint density at radius 1 is 0.640 bits per heavy atom. The van der Waals surface area contributed by atoms with Crippen LogP contribution in [0.1, 0.15) is 29.2 Å². The summed E-state index contributed by atoms with van der Waals surface area (Å²) in [6, 6.07) is 30.9. The summed E-state index contributed by atoms with van der Waals surface area (Å²) in [7, 11) is 0. The molecule has 2 nitrogen and oxygen atoms in total. The molecule has 2 heteroatoms. The van der Waals surface area contributed by atoms with Gasteiger partial charge in [0, 0.05) is 19.6 Å². The van der Waals surface area contributed by atoms with Crippen LogP contribution in [0.4, 0.5) is 0 Å². The first-order chi connectivity index (χ1) is 12.3. The fourth-order valence-electron chi connectivity index (χ4n) is 3.04. The Bertz CT molecular complexity index is 686. The number of hydrogen-bond acceptors (Lipinski definition) is 2. The maximum atomic E-state index is 10.5. The van der Waals surface area contributed by atoms with E-state index in [0.29, 0.717) is 0 Å². The molecule has 3 rings (SSSR count). The molecule has 0 unspecified atom stereocenters. The summed E-state index contributed by atoms with van der Waals surface area (Å²) in [4.78, 5) is 2.40. The van der Waals surface area contributed by atoms with Gasteiger partial charge in [-0.1, -0.05) is 91.0 Å². The monoisotopic (exact) mass is 331 g/mol. The van der Waals surface area contributed by atoms with Crippen LogP contribution >= 0.6 is 0 Å². The molecule has 0 spiro atoms. The van der Waals surface area contributed by atoms with Gasteiger partial charge in [-0.3, -0.25) is 4.90 Å². The van der Waals surface area contributed by atoms with Crippen molar-refractivity contribution in [3.05, 3.63) is 108 Å². The Morgan fingerprint density at radius 3 is 1.56 bits per heavy atom. The van der Waals surface area contributed by atoms with Crippen molar-refractivity contribution in [1.29, 1.82) is 0 Å². The van der Waals surface area contributed by atoms with Crippen molar-refractivity contribution in [3.8, 4) is 0 Å². The Hall–Kier alpha value is -2.42. The van der Waals surface area contributed by atoms with Crippen molar-refractivity contribution in [2.24, 2.45) is 0 Å². The Morgan fingerprint density at radius 2 is 1.08 bits per heavy atom. The van der Waals surface area contributed by atoms with Gasteiger partial charge in [0.1, 0.15) is 0 Å². The van der Waals surface area contributed by atoms with Crippen LogP contribution in [0.25, 0.3) is 0 Å². The molecule has 0 aliphatic carbocycles. The molecular weight excluding hydrogens is 306 g/mol. The van der Waals surface area contributed by atoms with Crippen LogP contribution in [0.15, 0.2) is 91.0 Å². The second-order valence-corrected chi connectivity index (χ2v) is 6.40. The second kappa shape index (κ2) is 9.16. The van der Waals surface area contributed by atoms with Crippen molar-refractivity contribution in [3.63, 3.8) is 0 Å². The molecule has 0 amide bonds. The number of nitrogens with zero attached hydrogens (tertiary/aromatic N) is 1. The first-order valence-corrected chi connectivity index (χ1v) is 8.84. The lowest BCUT2D eigenvalue weighted by atomic mass is 10.1. The first kappa shape index (κ1) is 17.4. The minimum absolute atomic E-state index is 0.421. The molecule has 0 heterocycles. The van der Waals surface area contributed by atoms with E-state index in [1.807, 2.05) is 42.5 Å². The summed E-state index contributed by atoms with van der Waals surface area (Å²) >= 11 is 0. The van der Waals surface area contributed by atoms with Crippen molar-refractivity contribution in [2.45, 2.75) is 25.6 Å². The van der Waals surface area contributed by atoms with Crippen LogP contribution in [0.3, 0.4) is 0 Å². The van der Waals surface area contributed by atoms with Gasteiger partial charge in [-0.05, 0) is 23.1 Å². The van der Waals surface area contributed by atoms with E-state index < -0.39 is 6.10 Å². The molecular formula is C23H25NO. The van der Waals surface area contributed by atoms with Crippen LogP contribution in [-0.4, -0.2) is 16.6 Å². The van der Waals surface area contributed by atoms with Gasteiger partial charge in [-0.15, -0.1) is 0 Å². The second-order valence-electron chi connectivity index (χ2n) is 6.40. The molecule has 3 aromatic rings. The molecule has 0 saturated carbocycles. The van der Waals surface area contributed by atoms with E-state index in [2.05, 4.69) is 53.4 Å². The van der Waals surface area contributed by atoms with Crippen LogP contribution in [0.2, 0.25) is 0 Å². The molecule has 0 radical (unpaired) electrons. The lowest BCUT2D eigenvalue weighted by Gasteiger charge is -2.24. The van der Waals surface area contributed by atoms with Gasteiger partial charge in [0.25, 0.3) is 0 Å². The van der Waals surface area contributed by atoms with Gasteiger partial charge < -0.3 is 5.11 Å². The van der Waals surface area contributed by atoms with E-state index in [9.17, 15) is 5.11 Å². The molecule has 0 fully saturated rings. The van der Waals surface area contributed by atoms with Crippen molar-refractivity contribution >= 4 is 0 Å². The summed E-state index contributed by atoms with van der Waals surface area (Å²) in [5, 5.41) is 10.5. The molecule has 1 atom stereocenters. The van der Waals surface area contributed by atoms with E-state index in [1.54, 1.807) is 0 Å². The Balaban J connectivity index is 1.65. The maximum Gasteiger partial charge on any atom is 0.0802 e. The molecule has 0 bridgehead atoms. The number of hydrogen-bond donors (Lipinski definition) is 1. The van der Waals surface area contributed by atoms with E-state index in [0.717, 1.165) is 31.6 Å². The van der Waals surface area contributed by atoms with E-state index in [1.165, 1.54) is 11.1 Å². The lowest BCUT2D eigenvalue weighted by Crippen LogP contribution is -2.25. The third-order valence-corrected chi connectivity index (χ3v) is 4.40. The highest BCUT2D eigenvalue weighted by molar-refractivity contribution is 5.18. The summed E-state index contributed by atoms with van der Waals surface area (Å²) in [5.74, 6) is 0. The van der Waals surface area contributed by atoms with Crippen molar-refractivity contribution < 1.29 is 5.11 Å². The quantitative estimate of drug-likeness (QED) is 0.640. The van der Waals surface area contributed by atoms with Gasteiger partial charge in [0.2, 0.25) is 0 Å². The number of aliphatic hydroxyl groups excluding tert-OH is 1. The summed E-state index contributed by atoms with van der Waals surface area (Å²) in [5.41, 5.74) is 3.59. The van der Waals surface area contributed by atoms with Crippen LogP contribution < -0.4 is 0 Å². The first-order valence-electron chi connectivity index (χ1n) is 8.84. The SMILES string of the molecule is O[C@@H](CCN(Cc1ccccc1)Cc1ccccc1)c1ccccc1. The average molecular weight is 331 g/mol. The molecule has 25 heavy (non-hydrogen) atoms. The van der Waals surface area contributed by atoms with Crippen LogP contribution in [0, 0.1) is 0 Å². The highest BCUT2D eigenvalue weighted by Crippen LogP contribution is 2.18. The highest BCUT2D eigenvalue weighted by atomic mass is 16.3. The normalized spacial score (nSPS) is 12.2. The fraction of sp³-hybridized carbons (Fsp3) is 0.217. The third kappa shape index (κ3) is 5.56. The van der Waals surface area contributed by atoms with Crippen LogP contribution in [-0.2, 0) is 13.1 Å². The number of rotatable bonds is 8.